The van der Waals surface area contributed by atoms with Crippen LogP contribution in [0.5, 0.6) is 0 Å². The van der Waals surface area contributed by atoms with Crippen molar-refractivity contribution in [1.82, 2.24) is 5.32 Å². The molecule has 1 rings (SSSR count). The minimum atomic E-state index is -0.351. The van der Waals surface area contributed by atoms with E-state index in [1.165, 1.54) is 6.07 Å². The van der Waals surface area contributed by atoms with Gasteiger partial charge in [-0.1, -0.05) is 24.6 Å². The molecule has 96 valence electrons. The van der Waals surface area contributed by atoms with Gasteiger partial charge in [0, 0.05) is 13.2 Å². The largest absolute Gasteiger partial charge is 0.383 e. The van der Waals surface area contributed by atoms with E-state index in [0.29, 0.717) is 12.6 Å². The van der Waals surface area contributed by atoms with Crippen LogP contribution in [-0.4, -0.2) is 26.3 Å². The summed E-state index contributed by atoms with van der Waals surface area (Å²) in [6.07, 6.45) is 1.73. The highest BCUT2D eigenvalue weighted by Crippen LogP contribution is 2.16. The molecule has 0 radical (unpaired) electrons. The number of nitrogens with one attached hydrogen (secondary N) is 1. The van der Waals surface area contributed by atoms with Gasteiger partial charge in [0.25, 0.3) is 0 Å². The van der Waals surface area contributed by atoms with E-state index in [1.54, 1.807) is 13.2 Å². The predicted octanol–water partition coefficient (Wildman–Crippen LogP) is 3.04. The molecule has 0 aliphatic heterocycles. The van der Waals surface area contributed by atoms with E-state index in [1.807, 2.05) is 6.07 Å². The summed E-state index contributed by atoms with van der Waals surface area (Å²) >= 11 is 5.64. The second-order valence-electron chi connectivity index (χ2n) is 4.00. The Morgan fingerprint density at radius 1 is 1.47 bits per heavy atom. The Morgan fingerprint density at radius 2 is 2.24 bits per heavy atom. The van der Waals surface area contributed by atoms with Crippen molar-refractivity contribution in [3.63, 3.8) is 0 Å². The van der Waals surface area contributed by atoms with Crippen molar-refractivity contribution < 1.29 is 9.13 Å². The van der Waals surface area contributed by atoms with Gasteiger partial charge in [-0.2, -0.15) is 0 Å². The first-order chi connectivity index (χ1) is 8.17. The summed E-state index contributed by atoms with van der Waals surface area (Å²) in [5.74, 6) is -0.351. The SMILES string of the molecule is CCNC(CCc1ccc(Cl)c(F)c1)COC. The van der Waals surface area contributed by atoms with Crippen LogP contribution in [-0.2, 0) is 11.2 Å². The number of methoxy groups -OCH3 is 1. The molecule has 1 aromatic carbocycles. The van der Waals surface area contributed by atoms with Crippen LogP contribution in [0.15, 0.2) is 18.2 Å². The van der Waals surface area contributed by atoms with Crippen LogP contribution in [0.1, 0.15) is 18.9 Å². The fraction of sp³-hybridized carbons (Fsp3) is 0.538. The third-order valence-corrected chi connectivity index (χ3v) is 2.93. The molecule has 1 unspecified atom stereocenters. The maximum atomic E-state index is 13.2. The molecule has 0 saturated heterocycles. The monoisotopic (exact) mass is 259 g/mol. The van der Waals surface area contributed by atoms with E-state index in [4.69, 9.17) is 16.3 Å². The van der Waals surface area contributed by atoms with Gasteiger partial charge in [-0.25, -0.2) is 4.39 Å². The lowest BCUT2D eigenvalue weighted by molar-refractivity contribution is 0.163. The Hall–Kier alpha value is -0.640. The van der Waals surface area contributed by atoms with Gasteiger partial charge in [-0.15, -0.1) is 0 Å². The molecule has 1 N–H and O–H groups in total. The average Bonchev–Trinajstić information content (AvgIpc) is 2.31. The van der Waals surface area contributed by atoms with Crippen LogP contribution >= 0.6 is 11.6 Å². The van der Waals surface area contributed by atoms with Crippen molar-refractivity contribution >= 4 is 11.6 Å². The van der Waals surface area contributed by atoms with Crippen molar-refractivity contribution in [2.45, 2.75) is 25.8 Å². The number of hydrogen-bond acceptors (Lipinski definition) is 2. The maximum absolute atomic E-state index is 13.2. The first-order valence-corrected chi connectivity index (χ1v) is 6.21. The Labute approximate surface area is 107 Å². The molecule has 0 heterocycles. The van der Waals surface area contributed by atoms with Crippen LogP contribution in [0.3, 0.4) is 0 Å². The van der Waals surface area contributed by atoms with E-state index in [2.05, 4.69) is 12.2 Å². The minimum Gasteiger partial charge on any atom is -0.383 e. The molecule has 0 aliphatic rings. The Bertz CT molecular complexity index is 340. The average molecular weight is 260 g/mol. The standard InChI is InChI=1S/C13H19ClFNO/c1-3-16-11(9-17-2)6-4-10-5-7-12(14)13(15)8-10/h5,7-8,11,16H,3-4,6,9H2,1-2H3. The molecule has 0 aromatic heterocycles. The second-order valence-corrected chi connectivity index (χ2v) is 4.40. The lowest BCUT2D eigenvalue weighted by atomic mass is 10.1. The summed E-state index contributed by atoms with van der Waals surface area (Å²) in [5, 5.41) is 3.51. The molecule has 0 fully saturated rings. The fourth-order valence-corrected chi connectivity index (χ4v) is 1.89. The van der Waals surface area contributed by atoms with Gasteiger partial charge >= 0.3 is 0 Å². The molecule has 0 saturated carbocycles. The van der Waals surface area contributed by atoms with E-state index < -0.39 is 0 Å². The van der Waals surface area contributed by atoms with Gasteiger partial charge < -0.3 is 10.1 Å². The van der Waals surface area contributed by atoms with E-state index in [9.17, 15) is 4.39 Å². The van der Waals surface area contributed by atoms with Crippen molar-refractivity contribution in [1.29, 1.82) is 0 Å². The van der Waals surface area contributed by atoms with Gasteiger partial charge in [0.1, 0.15) is 5.82 Å². The molecule has 0 spiro atoms. The van der Waals surface area contributed by atoms with Crippen molar-refractivity contribution in [2.24, 2.45) is 0 Å². The third kappa shape index (κ3) is 5.02. The summed E-state index contributed by atoms with van der Waals surface area (Å²) < 4.78 is 18.4. The van der Waals surface area contributed by atoms with Gasteiger partial charge in [0.2, 0.25) is 0 Å². The summed E-state index contributed by atoms with van der Waals surface area (Å²) in [7, 11) is 1.69. The zero-order valence-electron chi connectivity index (χ0n) is 10.3. The quantitative estimate of drug-likeness (QED) is 0.813. The minimum absolute atomic E-state index is 0.175. The smallest absolute Gasteiger partial charge is 0.142 e. The number of aryl methyl sites for hydroxylation is 1. The van der Waals surface area contributed by atoms with Crippen LogP contribution in [0, 0.1) is 5.82 Å². The summed E-state index contributed by atoms with van der Waals surface area (Å²) in [6, 6.07) is 5.27. The number of halogens is 2. The first kappa shape index (κ1) is 14.4. The topological polar surface area (TPSA) is 21.3 Å². The Kier molecular flexibility index (Phi) is 6.48. The van der Waals surface area contributed by atoms with Crippen molar-refractivity contribution in [3.05, 3.63) is 34.6 Å². The molecular formula is C13H19ClFNO. The zero-order chi connectivity index (χ0) is 12.7. The van der Waals surface area contributed by atoms with Gasteiger partial charge in [-0.3, -0.25) is 0 Å². The maximum Gasteiger partial charge on any atom is 0.142 e. The first-order valence-electron chi connectivity index (χ1n) is 5.83. The molecule has 0 aliphatic carbocycles. The van der Waals surface area contributed by atoms with E-state index in [0.717, 1.165) is 24.9 Å². The summed E-state index contributed by atoms with van der Waals surface area (Å²) in [4.78, 5) is 0. The fourth-order valence-electron chi connectivity index (χ4n) is 1.77. The van der Waals surface area contributed by atoms with Gasteiger partial charge in [0.15, 0.2) is 0 Å². The van der Waals surface area contributed by atoms with Gasteiger partial charge in [0.05, 0.1) is 11.6 Å². The molecule has 4 heteroatoms. The predicted molar refractivity (Wildman–Crippen MR) is 69.1 cm³/mol. The highest BCUT2D eigenvalue weighted by molar-refractivity contribution is 6.30. The molecule has 2 nitrogen and oxygen atoms in total. The third-order valence-electron chi connectivity index (χ3n) is 2.63. The molecule has 0 amide bonds. The number of likely N-dealkylation sites (N-methyl/N-ethyl adjacent to an activating group) is 1. The molecule has 1 atom stereocenters. The number of benzene rings is 1. The number of hydrogen-bond donors (Lipinski definition) is 1. The van der Waals surface area contributed by atoms with Gasteiger partial charge in [-0.05, 0) is 37.1 Å². The summed E-state index contributed by atoms with van der Waals surface area (Å²) in [5.41, 5.74) is 0.964. The zero-order valence-corrected chi connectivity index (χ0v) is 11.1. The van der Waals surface area contributed by atoms with Crippen molar-refractivity contribution in [3.8, 4) is 0 Å². The van der Waals surface area contributed by atoms with Crippen LogP contribution in [0.25, 0.3) is 0 Å². The summed E-state index contributed by atoms with van der Waals surface area (Å²) in [6.45, 7) is 3.64. The van der Waals surface area contributed by atoms with E-state index in [-0.39, 0.29) is 10.8 Å². The number of ether oxygens (including phenoxy) is 1. The number of rotatable bonds is 7. The highest BCUT2D eigenvalue weighted by atomic mass is 35.5. The normalized spacial score (nSPS) is 12.7. The van der Waals surface area contributed by atoms with Crippen molar-refractivity contribution in [2.75, 3.05) is 20.3 Å². The lowest BCUT2D eigenvalue weighted by Crippen LogP contribution is -2.33. The molecule has 17 heavy (non-hydrogen) atoms. The Balaban J connectivity index is 2.49. The van der Waals surface area contributed by atoms with Crippen LogP contribution in [0.2, 0.25) is 5.02 Å². The molecule has 1 aromatic rings. The van der Waals surface area contributed by atoms with Crippen LogP contribution < -0.4 is 5.32 Å². The van der Waals surface area contributed by atoms with Crippen LogP contribution in [0.4, 0.5) is 4.39 Å². The second kappa shape index (κ2) is 7.64. The highest BCUT2D eigenvalue weighted by Gasteiger charge is 2.08. The molecular weight excluding hydrogens is 241 g/mol. The Morgan fingerprint density at radius 3 is 2.82 bits per heavy atom. The van der Waals surface area contributed by atoms with E-state index >= 15 is 0 Å². The molecule has 0 bridgehead atoms. The lowest BCUT2D eigenvalue weighted by Gasteiger charge is -2.16.